The van der Waals surface area contributed by atoms with Gasteiger partial charge in [0.2, 0.25) is 0 Å². The van der Waals surface area contributed by atoms with E-state index in [9.17, 15) is 0 Å². The van der Waals surface area contributed by atoms with Gasteiger partial charge in [-0.25, -0.2) is 0 Å². The van der Waals surface area contributed by atoms with E-state index in [1.54, 1.807) is 6.92 Å². The molecule has 0 saturated heterocycles. The van der Waals surface area contributed by atoms with E-state index in [1.807, 2.05) is 24.3 Å². The fourth-order valence-corrected chi connectivity index (χ4v) is 2.11. The summed E-state index contributed by atoms with van der Waals surface area (Å²) in [6.07, 6.45) is 0. The molecule has 0 aliphatic heterocycles. The van der Waals surface area contributed by atoms with Gasteiger partial charge in [-0.3, -0.25) is 0 Å². The van der Waals surface area contributed by atoms with Crippen LogP contribution in [0.4, 0.5) is 0 Å². The maximum atomic E-state index is 8.90. The van der Waals surface area contributed by atoms with Crippen molar-refractivity contribution in [2.45, 2.75) is 27.4 Å². The van der Waals surface area contributed by atoms with Crippen molar-refractivity contribution >= 4 is 5.71 Å². The van der Waals surface area contributed by atoms with Gasteiger partial charge in [-0.15, -0.1) is 0 Å². The van der Waals surface area contributed by atoms with Crippen LogP contribution < -0.4 is 4.74 Å². The first kappa shape index (κ1) is 14.1. The monoisotopic (exact) mass is 269 g/mol. The van der Waals surface area contributed by atoms with Crippen molar-refractivity contribution in [1.82, 2.24) is 0 Å². The Hall–Kier alpha value is -2.29. The third kappa shape index (κ3) is 3.18. The molecule has 0 radical (unpaired) electrons. The lowest BCUT2D eigenvalue weighted by Crippen LogP contribution is -2.03. The Morgan fingerprint density at radius 2 is 1.90 bits per heavy atom. The minimum atomic E-state index is 0.502. The van der Waals surface area contributed by atoms with Gasteiger partial charge in [0, 0.05) is 5.56 Å². The SMILES string of the molecule is C/C(=N\O)c1ccccc1OCc1ccc(C)cc1C. The molecule has 2 aromatic carbocycles. The Bertz CT molecular complexity index is 633. The van der Waals surface area contributed by atoms with Crippen LogP contribution in [-0.2, 0) is 6.61 Å². The first-order valence-electron chi connectivity index (χ1n) is 6.59. The van der Waals surface area contributed by atoms with Crippen molar-refractivity contribution in [3.05, 3.63) is 64.7 Å². The van der Waals surface area contributed by atoms with Crippen LogP contribution in [0.3, 0.4) is 0 Å². The Morgan fingerprint density at radius 1 is 1.15 bits per heavy atom. The van der Waals surface area contributed by atoms with E-state index in [0.29, 0.717) is 12.3 Å². The molecule has 104 valence electrons. The molecule has 0 heterocycles. The molecule has 0 bridgehead atoms. The highest BCUT2D eigenvalue weighted by Crippen LogP contribution is 2.21. The summed E-state index contributed by atoms with van der Waals surface area (Å²) in [6.45, 7) is 6.41. The molecule has 1 N–H and O–H groups in total. The van der Waals surface area contributed by atoms with Gasteiger partial charge in [-0.05, 0) is 44.0 Å². The number of para-hydroxylation sites is 1. The fraction of sp³-hybridized carbons (Fsp3) is 0.235. The summed E-state index contributed by atoms with van der Waals surface area (Å²) >= 11 is 0. The summed E-state index contributed by atoms with van der Waals surface area (Å²) in [4.78, 5) is 0. The number of oxime groups is 1. The van der Waals surface area contributed by atoms with Crippen LogP contribution in [0.2, 0.25) is 0 Å². The molecule has 0 saturated carbocycles. The number of nitrogens with zero attached hydrogens (tertiary/aromatic N) is 1. The van der Waals surface area contributed by atoms with Crippen LogP contribution in [-0.4, -0.2) is 10.9 Å². The summed E-state index contributed by atoms with van der Waals surface area (Å²) in [5, 5.41) is 12.1. The molecular weight excluding hydrogens is 250 g/mol. The molecule has 0 aromatic heterocycles. The minimum absolute atomic E-state index is 0.502. The van der Waals surface area contributed by atoms with Crippen LogP contribution in [0.25, 0.3) is 0 Å². The zero-order chi connectivity index (χ0) is 14.5. The molecule has 0 amide bonds. The van der Waals surface area contributed by atoms with Gasteiger partial charge >= 0.3 is 0 Å². The standard InChI is InChI=1S/C17H19NO2/c1-12-8-9-15(13(2)10-12)11-20-17-7-5-4-6-16(17)14(3)18-19/h4-10,19H,11H2,1-3H3/b18-14+. The summed E-state index contributed by atoms with van der Waals surface area (Å²) < 4.78 is 5.87. The summed E-state index contributed by atoms with van der Waals surface area (Å²) in [7, 11) is 0. The number of hydrogen-bond acceptors (Lipinski definition) is 3. The zero-order valence-corrected chi connectivity index (χ0v) is 12.1. The van der Waals surface area contributed by atoms with Crippen LogP contribution in [0, 0.1) is 13.8 Å². The summed E-state index contributed by atoms with van der Waals surface area (Å²) in [5.41, 5.74) is 4.97. The Morgan fingerprint density at radius 3 is 2.60 bits per heavy atom. The van der Waals surface area contributed by atoms with E-state index in [0.717, 1.165) is 16.9 Å². The number of benzene rings is 2. The molecule has 0 aliphatic carbocycles. The third-order valence-corrected chi connectivity index (χ3v) is 3.31. The maximum Gasteiger partial charge on any atom is 0.128 e. The normalized spacial score (nSPS) is 11.4. The first-order chi connectivity index (χ1) is 9.61. The van der Waals surface area contributed by atoms with Gasteiger partial charge in [0.25, 0.3) is 0 Å². The van der Waals surface area contributed by atoms with E-state index in [4.69, 9.17) is 9.94 Å². The summed E-state index contributed by atoms with van der Waals surface area (Å²) in [5.74, 6) is 0.725. The quantitative estimate of drug-likeness (QED) is 0.516. The van der Waals surface area contributed by atoms with Gasteiger partial charge < -0.3 is 9.94 Å². The second kappa shape index (κ2) is 6.24. The van der Waals surface area contributed by atoms with Crippen molar-refractivity contribution in [2.24, 2.45) is 5.16 Å². The predicted molar refractivity (Wildman–Crippen MR) is 80.7 cm³/mol. The van der Waals surface area contributed by atoms with E-state index >= 15 is 0 Å². The van der Waals surface area contributed by atoms with Crippen molar-refractivity contribution in [1.29, 1.82) is 0 Å². The highest BCUT2D eigenvalue weighted by atomic mass is 16.5. The lowest BCUT2D eigenvalue weighted by Gasteiger charge is -2.12. The molecule has 0 atom stereocenters. The first-order valence-corrected chi connectivity index (χ1v) is 6.59. The van der Waals surface area contributed by atoms with Gasteiger partial charge in [0.05, 0.1) is 5.71 Å². The molecule has 3 heteroatoms. The molecule has 2 rings (SSSR count). The minimum Gasteiger partial charge on any atom is -0.488 e. The molecule has 20 heavy (non-hydrogen) atoms. The molecular formula is C17H19NO2. The Balaban J connectivity index is 2.19. The van der Waals surface area contributed by atoms with Crippen molar-refractivity contribution in [3.63, 3.8) is 0 Å². The van der Waals surface area contributed by atoms with Gasteiger partial charge in [0.15, 0.2) is 0 Å². The molecule has 3 nitrogen and oxygen atoms in total. The lowest BCUT2D eigenvalue weighted by atomic mass is 10.1. The molecule has 0 spiro atoms. The van der Waals surface area contributed by atoms with Crippen LogP contribution in [0.1, 0.15) is 29.2 Å². The predicted octanol–water partition coefficient (Wildman–Crippen LogP) is 4.08. The number of aryl methyl sites for hydroxylation is 2. The highest BCUT2D eigenvalue weighted by molar-refractivity contribution is 6.00. The molecule has 0 fully saturated rings. The maximum absolute atomic E-state index is 8.90. The molecule has 2 aromatic rings. The fourth-order valence-electron chi connectivity index (χ4n) is 2.11. The smallest absolute Gasteiger partial charge is 0.128 e. The number of ether oxygens (including phenoxy) is 1. The second-order valence-electron chi connectivity index (χ2n) is 4.90. The second-order valence-corrected chi connectivity index (χ2v) is 4.90. The van der Waals surface area contributed by atoms with Crippen molar-refractivity contribution in [2.75, 3.05) is 0 Å². The van der Waals surface area contributed by atoms with E-state index in [-0.39, 0.29) is 0 Å². The van der Waals surface area contributed by atoms with Gasteiger partial charge in [-0.1, -0.05) is 41.1 Å². The average molecular weight is 269 g/mol. The van der Waals surface area contributed by atoms with E-state index in [2.05, 4.69) is 37.2 Å². The van der Waals surface area contributed by atoms with E-state index < -0.39 is 0 Å². The van der Waals surface area contributed by atoms with Crippen molar-refractivity contribution < 1.29 is 9.94 Å². The van der Waals surface area contributed by atoms with E-state index in [1.165, 1.54) is 11.1 Å². The van der Waals surface area contributed by atoms with Crippen LogP contribution in [0.15, 0.2) is 47.6 Å². The topological polar surface area (TPSA) is 41.8 Å². The average Bonchev–Trinajstić information content (AvgIpc) is 2.46. The largest absolute Gasteiger partial charge is 0.488 e. The molecule has 0 unspecified atom stereocenters. The van der Waals surface area contributed by atoms with Crippen molar-refractivity contribution in [3.8, 4) is 5.75 Å². The number of hydrogen-bond donors (Lipinski definition) is 1. The third-order valence-electron chi connectivity index (χ3n) is 3.31. The Kier molecular flexibility index (Phi) is 4.41. The Labute approximate surface area is 119 Å². The lowest BCUT2D eigenvalue weighted by molar-refractivity contribution is 0.302. The highest BCUT2D eigenvalue weighted by Gasteiger charge is 2.07. The van der Waals surface area contributed by atoms with Gasteiger partial charge in [-0.2, -0.15) is 0 Å². The van der Waals surface area contributed by atoms with Crippen LogP contribution >= 0.6 is 0 Å². The molecule has 0 aliphatic rings. The number of rotatable bonds is 4. The zero-order valence-electron chi connectivity index (χ0n) is 12.1. The van der Waals surface area contributed by atoms with Crippen LogP contribution in [0.5, 0.6) is 5.75 Å². The van der Waals surface area contributed by atoms with Gasteiger partial charge in [0.1, 0.15) is 12.4 Å². The summed E-state index contributed by atoms with van der Waals surface area (Å²) in [6, 6.07) is 13.9.